The summed E-state index contributed by atoms with van der Waals surface area (Å²) >= 11 is 1.92. The molecule has 0 bridgehead atoms. The smallest absolute Gasteiger partial charge is 0.0722 e. The first-order valence-electron chi connectivity index (χ1n) is 6.74. The normalized spacial score (nSPS) is 17.1. The van der Waals surface area contributed by atoms with Crippen molar-refractivity contribution in [2.24, 2.45) is 0 Å². The zero-order chi connectivity index (χ0) is 13.4. The quantitative estimate of drug-likeness (QED) is 0.747. The molecule has 1 N–H and O–H groups in total. The fourth-order valence-corrected chi connectivity index (χ4v) is 3.86. The topological polar surface area (TPSA) is 24.9 Å². The third kappa shape index (κ3) is 1.95. The summed E-state index contributed by atoms with van der Waals surface area (Å²) in [6.45, 7) is 0. The number of hydrogen-bond donors (Lipinski definition) is 1. The lowest BCUT2D eigenvalue weighted by atomic mass is 10.1. The van der Waals surface area contributed by atoms with Crippen LogP contribution in [0.2, 0.25) is 0 Å². The van der Waals surface area contributed by atoms with Crippen molar-refractivity contribution >= 4 is 28.4 Å². The van der Waals surface area contributed by atoms with Crippen LogP contribution in [0.5, 0.6) is 0 Å². The van der Waals surface area contributed by atoms with Crippen molar-refractivity contribution in [1.29, 1.82) is 0 Å². The van der Waals surface area contributed by atoms with Gasteiger partial charge in [-0.15, -0.1) is 11.8 Å². The maximum atomic E-state index is 4.42. The van der Waals surface area contributed by atoms with Crippen LogP contribution in [0, 0.1) is 0 Å². The van der Waals surface area contributed by atoms with Gasteiger partial charge in [-0.2, -0.15) is 0 Å². The Labute approximate surface area is 122 Å². The molecular weight excluding hydrogens is 264 g/mol. The number of thioether (sulfide) groups is 1. The van der Waals surface area contributed by atoms with E-state index in [-0.39, 0.29) is 0 Å². The lowest BCUT2D eigenvalue weighted by molar-refractivity contribution is 0.902. The summed E-state index contributed by atoms with van der Waals surface area (Å²) in [6.07, 6.45) is 1.84. The van der Waals surface area contributed by atoms with E-state index >= 15 is 0 Å². The van der Waals surface area contributed by atoms with Gasteiger partial charge in [0.25, 0.3) is 0 Å². The van der Waals surface area contributed by atoms with Gasteiger partial charge in [-0.1, -0.05) is 24.3 Å². The molecular formula is C17H14N2S. The van der Waals surface area contributed by atoms with E-state index in [0.717, 1.165) is 17.0 Å². The highest BCUT2D eigenvalue weighted by Gasteiger charge is 2.22. The molecule has 1 aromatic heterocycles. The van der Waals surface area contributed by atoms with E-state index in [1.54, 1.807) is 0 Å². The average molecular weight is 278 g/mol. The van der Waals surface area contributed by atoms with Gasteiger partial charge in [0, 0.05) is 27.9 Å². The summed E-state index contributed by atoms with van der Waals surface area (Å²) in [5.74, 6) is 1.08. The number of fused-ring (bicyclic) bond motifs is 2. The Kier molecular flexibility index (Phi) is 2.85. The molecule has 0 spiro atoms. The van der Waals surface area contributed by atoms with Crippen LogP contribution >= 0.6 is 11.8 Å². The fraction of sp³-hybridized carbons (Fsp3) is 0.118. The molecule has 3 aromatic rings. The molecule has 0 amide bonds. The van der Waals surface area contributed by atoms with Gasteiger partial charge in [0.2, 0.25) is 0 Å². The van der Waals surface area contributed by atoms with Crippen molar-refractivity contribution in [1.82, 2.24) is 4.98 Å². The maximum absolute atomic E-state index is 4.42. The molecule has 0 radical (unpaired) electrons. The Morgan fingerprint density at radius 1 is 1.00 bits per heavy atom. The summed E-state index contributed by atoms with van der Waals surface area (Å²) in [6, 6.07) is 19.4. The Morgan fingerprint density at radius 2 is 1.95 bits per heavy atom. The zero-order valence-electron chi connectivity index (χ0n) is 10.9. The number of hydrogen-bond acceptors (Lipinski definition) is 3. The predicted octanol–water partition coefficient (Wildman–Crippen LogP) is 4.49. The molecule has 1 atom stereocenters. The minimum Gasteiger partial charge on any atom is -0.377 e. The third-order valence-corrected chi connectivity index (χ3v) is 4.86. The van der Waals surface area contributed by atoms with Gasteiger partial charge >= 0.3 is 0 Å². The van der Waals surface area contributed by atoms with E-state index in [4.69, 9.17) is 0 Å². The van der Waals surface area contributed by atoms with Crippen molar-refractivity contribution in [2.45, 2.75) is 10.9 Å². The molecule has 4 rings (SSSR count). The van der Waals surface area contributed by atoms with Gasteiger partial charge in [-0.25, -0.2) is 0 Å². The molecule has 2 aromatic carbocycles. The molecule has 0 aliphatic carbocycles. The Bertz CT molecular complexity index is 764. The summed E-state index contributed by atoms with van der Waals surface area (Å²) in [4.78, 5) is 5.81. The van der Waals surface area contributed by atoms with Crippen molar-refractivity contribution < 1.29 is 0 Å². The second kappa shape index (κ2) is 4.84. The molecule has 1 aliphatic heterocycles. The lowest BCUT2D eigenvalue weighted by Crippen LogP contribution is -2.10. The van der Waals surface area contributed by atoms with Crippen molar-refractivity contribution in [3.63, 3.8) is 0 Å². The maximum Gasteiger partial charge on any atom is 0.0722 e. The number of anilines is 1. The van der Waals surface area contributed by atoms with Crippen molar-refractivity contribution in [3.8, 4) is 0 Å². The number of pyridine rings is 1. The number of rotatable bonds is 2. The van der Waals surface area contributed by atoms with E-state index in [1.165, 1.54) is 15.8 Å². The largest absolute Gasteiger partial charge is 0.377 e. The first-order valence-corrected chi connectivity index (χ1v) is 7.72. The van der Waals surface area contributed by atoms with Gasteiger partial charge in [-0.05, 0) is 35.9 Å². The Morgan fingerprint density at radius 3 is 2.95 bits per heavy atom. The molecule has 1 aliphatic rings. The number of nitrogens with zero attached hydrogens (tertiary/aromatic N) is 1. The highest BCUT2D eigenvalue weighted by Crippen LogP contribution is 2.40. The monoisotopic (exact) mass is 278 g/mol. The van der Waals surface area contributed by atoms with Gasteiger partial charge in [0.1, 0.15) is 0 Å². The number of benzene rings is 2. The Balaban J connectivity index is 1.73. The highest BCUT2D eigenvalue weighted by atomic mass is 32.2. The van der Waals surface area contributed by atoms with Crippen LogP contribution in [0.4, 0.5) is 5.69 Å². The molecule has 1 unspecified atom stereocenters. The summed E-state index contributed by atoms with van der Waals surface area (Å²) in [5.41, 5.74) is 3.60. The molecule has 0 saturated carbocycles. The standard InChI is InChI=1S/C17H14N2S/c1-2-9-17-13(5-1)16(11-20-17)19-15-8-3-7-14-12(15)6-4-10-18-14/h1-10,16,19H,11H2. The van der Waals surface area contributed by atoms with Crippen molar-refractivity contribution in [3.05, 3.63) is 66.4 Å². The average Bonchev–Trinajstić information content (AvgIpc) is 2.91. The highest BCUT2D eigenvalue weighted by molar-refractivity contribution is 7.99. The summed E-state index contributed by atoms with van der Waals surface area (Å²) in [7, 11) is 0. The van der Waals surface area contributed by atoms with Crippen LogP contribution in [0.15, 0.2) is 65.7 Å². The van der Waals surface area contributed by atoms with Crippen molar-refractivity contribution in [2.75, 3.05) is 11.1 Å². The number of nitrogens with one attached hydrogen (secondary N) is 1. The van der Waals surface area contributed by atoms with Crippen LogP contribution in [0.3, 0.4) is 0 Å². The van der Waals surface area contributed by atoms with Crippen LogP contribution in [-0.4, -0.2) is 10.7 Å². The van der Waals surface area contributed by atoms with E-state index in [1.807, 2.05) is 24.0 Å². The first-order chi connectivity index (χ1) is 9.92. The van der Waals surface area contributed by atoms with Gasteiger partial charge < -0.3 is 5.32 Å². The Hall–Kier alpha value is -2.00. The zero-order valence-corrected chi connectivity index (χ0v) is 11.7. The fourth-order valence-electron chi connectivity index (χ4n) is 2.70. The van der Waals surface area contributed by atoms with E-state index in [0.29, 0.717) is 6.04 Å². The van der Waals surface area contributed by atoms with Crippen LogP contribution < -0.4 is 5.32 Å². The molecule has 0 saturated heterocycles. The first kappa shape index (κ1) is 11.8. The SMILES string of the molecule is c1ccc2c(c1)SCC2Nc1cccc2ncccc12. The summed E-state index contributed by atoms with van der Waals surface area (Å²) < 4.78 is 0. The minimum absolute atomic E-state index is 0.377. The van der Waals surface area contributed by atoms with Crippen LogP contribution in [0.1, 0.15) is 11.6 Å². The van der Waals surface area contributed by atoms with E-state index in [2.05, 4.69) is 58.8 Å². The third-order valence-electron chi connectivity index (χ3n) is 3.68. The van der Waals surface area contributed by atoms with E-state index in [9.17, 15) is 0 Å². The molecule has 2 heterocycles. The van der Waals surface area contributed by atoms with Crippen LogP contribution in [-0.2, 0) is 0 Å². The number of aromatic nitrogens is 1. The second-order valence-electron chi connectivity index (χ2n) is 4.92. The molecule has 2 nitrogen and oxygen atoms in total. The minimum atomic E-state index is 0.377. The second-order valence-corrected chi connectivity index (χ2v) is 5.98. The molecule has 3 heteroatoms. The van der Waals surface area contributed by atoms with Gasteiger partial charge in [0.05, 0.1) is 11.6 Å². The van der Waals surface area contributed by atoms with Gasteiger partial charge in [0.15, 0.2) is 0 Å². The van der Waals surface area contributed by atoms with Crippen LogP contribution in [0.25, 0.3) is 10.9 Å². The molecule has 98 valence electrons. The molecule has 0 fully saturated rings. The summed E-state index contributed by atoms with van der Waals surface area (Å²) in [5, 5.41) is 4.86. The lowest BCUT2D eigenvalue weighted by Gasteiger charge is -2.16. The molecule has 20 heavy (non-hydrogen) atoms. The van der Waals surface area contributed by atoms with Gasteiger partial charge in [-0.3, -0.25) is 4.98 Å². The predicted molar refractivity (Wildman–Crippen MR) is 85.3 cm³/mol. The van der Waals surface area contributed by atoms with E-state index < -0.39 is 0 Å².